The standard InChI is InChI=1S/C15H23N3O3/c1-21-11-5-4-8-14(19)18-13-7-3-2-6-12(13)15(20)17-10-9-16/h2-3,6-7H,4-5,8-11,16H2,1H3,(H,17,20)(H,18,19). The molecule has 1 aromatic rings. The predicted octanol–water partition coefficient (Wildman–Crippen LogP) is 1.13. The average molecular weight is 293 g/mol. The highest BCUT2D eigenvalue weighted by atomic mass is 16.5. The molecule has 0 atom stereocenters. The molecule has 4 N–H and O–H groups in total. The summed E-state index contributed by atoms with van der Waals surface area (Å²) < 4.78 is 4.94. The molecule has 2 amide bonds. The number of methoxy groups -OCH3 is 1. The molecular weight excluding hydrogens is 270 g/mol. The Morgan fingerprint density at radius 2 is 2.00 bits per heavy atom. The van der Waals surface area contributed by atoms with E-state index in [4.69, 9.17) is 10.5 Å². The monoisotopic (exact) mass is 293 g/mol. The fourth-order valence-corrected chi connectivity index (χ4v) is 1.82. The number of carbonyl (C=O) groups is 2. The van der Waals surface area contributed by atoms with Crippen molar-refractivity contribution in [1.82, 2.24) is 5.32 Å². The lowest BCUT2D eigenvalue weighted by atomic mass is 10.1. The van der Waals surface area contributed by atoms with Gasteiger partial charge in [-0.15, -0.1) is 0 Å². The van der Waals surface area contributed by atoms with Crippen LogP contribution in [0.5, 0.6) is 0 Å². The Labute approximate surface area is 125 Å². The number of para-hydroxylation sites is 1. The van der Waals surface area contributed by atoms with Crippen molar-refractivity contribution in [2.45, 2.75) is 19.3 Å². The maximum atomic E-state index is 12.0. The molecule has 0 aliphatic carbocycles. The number of hydrogen-bond donors (Lipinski definition) is 3. The lowest BCUT2D eigenvalue weighted by molar-refractivity contribution is -0.116. The molecule has 116 valence electrons. The lowest BCUT2D eigenvalue weighted by Gasteiger charge is -2.11. The normalized spacial score (nSPS) is 10.2. The Hall–Kier alpha value is -1.92. The van der Waals surface area contributed by atoms with Gasteiger partial charge in [-0.1, -0.05) is 12.1 Å². The van der Waals surface area contributed by atoms with Crippen molar-refractivity contribution < 1.29 is 14.3 Å². The highest BCUT2D eigenvalue weighted by Crippen LogP contribution is 2.15. The highest BCUT2D eigenvalue weighted by Gasteiger charge is 2.12. The molecule has 0 saturated carbocycles. The molecular formula is C15H23N3O3. The van der Waals surface area contributed by atoms with Crippen molar-refractivity contribution in [3.63, 3.8) is 0 Å². The number of unbranched alkanes of at least 4 members (excludes halogenated alkanes) is 1. The molecule has 0 saturated heterocycles. The average Bonchev–Trinajstić information content (AvgIpc) is 2.50. The first kappa shape index (κ1) is 17.1. The molecule has 0 bridgehead atoms. The molecule has 1 aromatic carbocycles. The van der Waals surface area contributed by atoms with Crippen LogP contribution in [-0.2, 0) is 9.53 Å². The summed E-state index contributed by atoms with van der Waals surface area (Å²) >= 11 is 0. The summed E-state index contributed by atoms with van der Waals surface area (Å²) in [4.78, 5) is 23.8. The summed E-state index contributed by atoms with van der Waals surface area (Å²) in [7, 11) is 1.64. The maximum Gasteiger partial charge on any atom is 0.253 e. The SMILES string of the molecule is COCCCCC(=O)Nc1ccccc1C(=O)NCCN. The summed E-state index contributed by atoms with van der Waals surface area (Å²) in [5, 5.41) is 5.46. The molecule has 0 aromatic heterocycles. The van der Waals surface area contributed by atoms with Crippen molar-refractivity contribution in [3.8, 4) is 0 Å². The van der Waals surface area contributed by atoms with Crippen LogP contribution >= 0.6 is 0 Å². The molecule has 0 spiro atoms. The van der Waals surface area contributed by atoms with Gasteiger partial charge in [0.05, 0.1) is 11.3 Å². The summed E-state index contributed by atoms with van der Waals surface area (Å²) in [6.07, 6.45) is 1.99. The van der Waals surface area contributed by atoms with Crippen molar-refractivity contribution in [3.05, 3.63) is 29.8 Å². The Morgan fingerprint density at radius 3 is 2.71 bits per heavy atom. The highest BCUT2D eigenvalue weighted by molar-refractivity contribution is 6.03. The second kappa shape index (κ2) is 9.90. The topological polar surface area (TPSA) is 93.4 Å². The number of ether oxygens (including phenoxy) is 1. The maximum absolute atomic E-state index is 12.0. The zero-order chi connectivity index (χ0) is 15.5. The van der Waals surface area contributed by atoms with Crippen molar-refractivity contribution in [2.75, 3.05) is 32.1 Å². The number of nitrogens with two attached hydrogens (primary N) is 1. The minimum absolute atomic E-state index is 0.106. The third kappa shape index (κ3) is 6.37. The van der Waals surface area contributed by atoms with Gasteiger partial charge < -0.3 is 21.1 Å². The largest absolute Gasteiger partial charge is 0.385 e. The number of carbonyl (C=O) groups excluding carboxylic acids is 2. The number of benzene rings is 1. The van der Waals surface area contributed by atoms with Gasteiger partial charge in [0.1, 0.15) is 0 Å². The Balaban J connectivity index is 2.58. The first-order valence-electron chi connectivity index (χ1n) is 7.05. The lowest BCUT2D eigenvalue weighted by Crippen LogP contribution is -2.29. The van der Waals surface area contributed by atoms with E-state index >= 15 is 0 Å². The van der Waals surface area contributed by atoms with Crippen LogP contribution < -0.4 is 16.4 Å². The zero-order valence-corrected chi connectivity index (χ0v) is 12.4. The van der Waals surface area contributed by atoms with Gasteiger partial charge in [0.2, 0.25) is 5.91 Å². The van der Waals surface area contributed by atoms with Gasteiger partial charge in [-0.25, -0.2) is 0 Å². The molecule has 0 heterocycles. The van der Waals surface area contributed by atoms with Gasteiger partial charge in [-0.3, -0.25) is 9.59 Å². The van der Waals surface area contributed by atoms with Crippen LogP contribution in [0.1, 0.15) is 29.6 Å². The Kier molecular flexibility index (Phi) is 8.08. The number of anilines is 1. The number of hydrogen-bond acceptors (Lipinski definition) is 4. The zero-order valence-electron chi connectivity index (χ0n) is 12.4. The number of nitrogens with one attached hydrogen (secondary N) is 2. The van der Waals surface area contributed by atoms with Crippen molar-refractivity contribution in [1.29, 1.82) is 0 Å². The fraction of sp³-hybridized carbons (Fsp3) is 0.467. The molecule has 1 rings (SSSR count). The van der Waals surface area contributed by atoms with E-state index in [9.17, 15) is 9.59 Å². The number of rotatable bonds is 9. The quantitative estimate of drug-likeness (QED) is 0.595. The third-order valence-corrected chi connectivity index (χ3v) is 2.88. The van der Waals surface area contributed by atoms with Crippen molar-refractivity contribution >= 4 is 17.5 Å². The summed E-state index contributed by atoms with van der Waals surface area (Å²) in [5.41, 5.74) is 6.32. The second-order valence-corrected chi connectivity index (χ2v) is 4.59. The van der Waals surface area contributed by atoms with Crippen LogP contribution in [0, 0.1) is 0 Å². The minimum atomic E-state index is -0.240. The van der Waals surface area contributed by atoms with E-state index in [1.54, 1.807) is 31.4 Å². The van der Waals surface area contributed by atoms with Crippen LogP contribution in [0.2, 0.25) is 0 Å². The van der Waals surface area contributed by atoms with Crippen LogP contribution in [0.3, 0.4) is 0 Å². The molecule has 0 fully saturated rings. The van der Waals surface area contributed by atoms with Gasteiger partial charge >= 0.3 is 0 Å². The smallest absolute Gasteiger partial charge is 0.253 e. The van der Waals surface area contributed by atoms with Crippen LogP contribution in [0.25, 0.3) is 0 Å². The van der Waals surface area contributed by atoms with E-state index in [1.807, 2.05) is 0 Å². The minimum Gasteiger partial charge on any atom is -0.385 e. The van der Waals surface area contributed by atoms with Gasteiger partial charge in [-0.2, -0.15) is 0 Å². The van der Waals surface area contributed by atoms with E-state index in [-0.39, 0.29) is 11.8 Å². The molecule has 6 nitrogen and oxygen atoms in total. The third-order valence-electron chi connectivity index (χ3n) is 2.88. The van der Waals surface area contributed by atoms with Gasteiger partial charge in [0, 0.05) is 33.2 Å². The fourth-order valence-electron chi connectivity index (χ4n) is 1.82. The van der Waals surface area contributed by atoms with Crippen LogP contribution in [0.15, 0.2) is 24.3 Å². The van der Waals surface area contributed by atoms with Gasteiger partial charge in [-0.05, 0) is 25.0 Å². The van der Waals surface area contributed by atoms with Crippen LogP contribution in [-0.4, -0.2) is 38.6 Å². The molecule has 21 heavy (non-hydrogen) atoms. The first-order valence-corrected chi connectivity index (χ1v) is 7.05. The summed E-state index contributed by atoms with van der Waals surface area (Å²) in [5.74, 6) is -0.346. The van der Waals surface area contributed by atoms with Crippen molar-refractivity contribution in [2.24, 2.45) is 5.73 Å². The Bertz CT molecular complexity index is 463. The molecule has 0 radical (unpaired) electrons. The molecule has 0 aliphatic rings. The number of amides is 2. The summed E-state index contributed by atoms with van der Waals surface area (Å²) in [6, 6.07) is 6.92. The van der Waals surface area contributed by atoms with E-state index in [0.29, 0.717) is 37.4 Å². The second-order valence-electron chi connectivity index (χ2n) is 4.59. The predicted molar refractivity (Wildman–Crippen MR) is 82.2 cm³/mol. The van der Waals surface area contributed by atoms with Gasteiger partial charge in [0.25, 0.3) is 5.91 Å². The first-order chi connectivity index (χ1) is 10.2. The van der Waals surface area contributed by atoms with E-state index in [1.165, 1.54) is 0 Å². The molecule has 0 unspecified atom stereocenters. The summed E-state index contributed by atoms with van der Waals surface area (Å²) in [6.45, 7) is 1.42. The van der Waals surface area contributed by atoms with E-state index in [0.717, 1.165) is 12.8 Å². The van der Waals surface area contributed by atoms with E-state index in [2.05, 4.69) is 10.6 Å². The molecule has 0 aliphatic heterocycles. The van der Waals surface area contributed by atoms with E-state index < -0.39 is 0 Å². The Morgan fingerprint density at radius 1 is 1.24 bits per heavy atom. The van der Waals surface area contributed by atoms with Crippen LogP contribution in [0.4, 0.5) is 5.69 Å². The molecule has 6 heteroatoms. The van der Waals surface area contributed by atoms with Gasteiger partial charge in [0.15, 0.2) is 0 Å².